The average Bonchev–Trinajstić information content (AvgIpc) is 2.73. The molecule has 0 radical (unpaired) electrons. The van der Waals surface area contributed by atoms with E-state index in [1.165, 1.54) is 5.52 Å². The minimum Gasteiger partial charge on any atom is -0.497 e. The largest absolute Gasteiger partial charge is 0.497 e. The average molecular weight is 281 g/mol. The molecule has 0 amide bonds. The Bertz CT molecular complexity index is 548. The van der Waals surface area contributed by atoms with Crippen molar-refractivity contribution in [2.24, 2.45) is 5.92 Å². The highest BCUT2D eigenvalue weighted by Crippen LogP contribution is 2.23. The van der Waals surface area contributed by atoms with Crippen LogP contribution < -0.4 is 4.74 Å². The van der Waals surface area contributed by atoms with Gasteiger partial charge in [0.15, 0.2) is 0 Å². The van der Waals surface area contributed by atoms with Gasteiger partial charge in [0.05, 0.1) is 18.1 Å². The molecule has 0 spiro atoms. The van der Waals surface area contributed by atoms with Crippen molar-refractivity contribution < 1.29 is 4.74 Å². The monoisotopic (exact) mass is 280 g/mol. The molecule has 0 N–H and O–H groups in total. The van der Waals surface area contributed by atoms with E-state index in [-0.39, 0.29) is 0 Å². The Labute approximate surface area is 119 Å². The maximum atomic E-state index is 5.88. The summed E-state index contributed by atoms with van der Waals surface area (Å²) in [4.78, 5) is 4.69. The molecular formula is C15H21ClN2O. The Kier molecular flexibility index (Phi) is 4.70. The summed E-state index contributed by atoms with van der Waals surface area (Å²) in [6.07, 6.45) is 1.95. The molecule has 2 aromatic rings. The van der Waals surface area contributed by atoms with Gasteiger partial charge in [-0.3, -0.25) is 0 Å². The quantitative estimate of drug-likeness (QED) is 0.751. The lowest BCUT2D eigenvalue weighted by Gasteiger charge is -2.10. The summed E-state index contributed by atoms with van der Waals surface area (Å²) in [5.74, 6) is 3.19. The van der Waals surface area contributed by atoms with E-state index in [0.29, 0.717) is 11.8 Å². The van der Waals surface area contributed by atoms with Crippen LogP contribution >= 0.6 is 11.6 Å². The fourth-order valence-electron chi connectivity index (χ4n) is 2.20. The number of nitrogens with zero attached hydrogens (tertiary/aromatic N) is 2. The van der Waals surface area contributed by atoms with Gasteiger partial charge in [0.1, 0.15) is 11.6 Å². The third-order valence-electron chi connectivity index (χ3n) is 3.28. The first-order chi connectivity index (χ1) is 9.15. The van der Waals surface area contributed by atoms with Crippen LogP contribution in [0.1, 0.15) is 26.1 Å². The molecule has 1 aromatic carbocycles. The summed E-state index contributed by atoms with van der Waals surface area (Å²) < 4.78 is 7.54. The van der Waals surface area contributed by atoms with Crippen LogP contribution in [0.15, 0.2) is 18.2 Å². The molecule has 0 saturated heterocycles. The van der Waals surface area contributed by atoms with Gasteiger partial charge in [-0.25, -0.2) is 4.98 Å². The summed E-state index contributed by atoms with van der Waals surface area (Å²) in [5, 5.41) is 0. The first kappa shape index (κ1) is 14.2. The third kappa shape index (κ3) is 3.21. The number of benzene rings is 1. The molecule has 0 unspecified atom stereocenters. The van der Waals surface area contributed by atoms with E-state index < -0.39 is 0 Å². The number of methoxy groups -OCH3 is 1. The van der Waals surface area contributed by atoms with Gasteiger partial charge >= 0.3 is 0 Å². The predicted octanol–water partition coefficient (Wildman–Crippen LogP) is 3.87. The van der Waals surface area contributed by atoms with Crippen LogP contribution in [0.5, 0.6) is 5.75 Å². The van der Waals surface area contributed by atoms with Gasteiger partial charge in [-0.1, -0.05) is 13.8 Å². The van der Waals surface area contributed by atoms with E-state index in [1.807, 2.05) is 12.1 Å². The highest BCUT2D eigenvalue weighted by Gasteiger charge is 2.11. The summed E-state index contributed by atoms with van der Waals surface area (Å²) >= 11 is 5.88. The van der Waals surface area contributed by atoms with Crippen molar-refractivity contribution in [3.63, 3.8) is 0 Å². The minimum atomic E-state index is 0.599. The molecule has 0 aliphatic rings. The molecule has 3 nitrogen and oxygen atoms in total. The van der Waals surface area contributed by atoms with Crippen LogP contribution in [-0.4, -0.2) is 22.5 Å². The van der Waals surface area contributed by atoms with E-state index in [9.17, 15) is 0 Å². The molecule has 0 atom stereocenters. The Balaban J connectivity index is 2.41. The topological polar surface area (TPSA) is 27.1 Å². The number of hydrogen-bond acceptors (Lipinski definition) is 2. The highest BCUT2D eigenvalue weighted by atomic mass is 35.5. The van der Waals surface area contributed by atoms with E-state index in [1.54, 1.807) is 7.11 Å². The molecule has 19 heavy (non-hydrogen) atoms. The van der Waals surface area contributed by atoms with E-state index in [2.05, 4.69) is 29.5 Å². The van der Waals surface area contributed by atoms with Crippen LogP contribution in [0.4, 0.5) is 0 Å². The maximum Gasteiger partial charge on any atom is 0.121 e. The molecule has 0 bridgehead atoms. The summed E-state index contributed by atoms with van der Waals surface area (Å²) in [6.45, 7) is 5.47. The van der Waals surface area contributed by atoms with Crippen molar-refractivity contribution in [3.05, 3.63) is 24.0 Å². The Hall–Kier alpha value is -1.22. The summed E-state index contributed by atoms with van der Waals surface area (Å²) in [6, 6.07) is 6.05. The molecule has 4 heteroatoms. The number of alkyl halides is 1. The van der Waals surface area contributed by atoms with Gasteiger partial charge in [-0.05, 0) is 24.5 Å². The second-order valence-corrected chi connectivity index (χ2v) is 5.53. The normalized spacial score (nSPS) is 11.4. The molecule has 2 rings (SSSR count). The first-order valence-corrected chi connectivity index (χ1v) is 7.28. The fraction of sp³-hybridized carbons (Fsp3) is 0.533. The van der Waals surface area contributed by atoms with Crippen molar-refractivity contribution in [1.82, 2.24) is 9.55 Å². The number of halogens is 1. The molecule has 0 fully saturated rings. The molecule has 1 heterocycles. The Morgan fingerprint density at radius 1 is 1.37 bits per heavy atom. The van der Waals surface area contributed by atoms with Gasteiger partial charge in [0.2, 0.25) is 0 Å². The maximum absolute atomic E-state index is 5.88. The zero-order valence-electron chi connectivity index (χ0n) is 11.8. The number of fused-ring (bicyclic) bond motifs is 1. The van der Waals surface area contributed by atoms with Gasteiger partial charge in [0.25, 0.3) is 0 Å². The minimum absolute atomic E-state index is 0.599. The Morgan fingerprint density at radius 2 is 2.16 bits per heavy atom. The van der Waals surface area contributed by atoms with Crippen LogP contribution in [0.2, 0.25) is 0 Å². The summed E-state index contributed by atoms with van der Waals surface area (Å²) in [5.41, 5.74) is 2.16. The van der Waals surface area contributed by atoms with Crippen LogP contribution in [0, 0.1) is 5.92 Å². The number of ether oxygens (including phenoxy) is 1. The zero-order chi connectivity index (χ0) is 13.8. The van der Waals surface area contributed by atoms with Crippen LogP contribution in [-0.2, 0) is 13.0 Å². The van der Waals surface area contributed by atoms with Gasteiger partial charge in [-0.2, -0.15) is 0 Å². The van der Waals surface area contributed by atoms with Gasteiger partial charge in [0, 0.05) is 24.9 Å². The molecule has 0 saturated carbocycles. The molecule has 0 aliphatic heterocycles. The first-order valence-electron chi connectivity index (χ1n) is 6.74. The Morgan fingerprint density at radius 3 is 2.79 bits per heavy atom. The second-order valence-electron chi connectivity index (χ2n) is 5.16. The fourth-order valence-corrected chi connectivity index (χ4v) is 2.37. The molecular weight excluding hydrogens is 260 g/mol. The van der Waals surface area contributed by atoms with Crippen LogP contribution in [0.25, 0.3) is 11.0 Å². The molecule has 104 valence electrons. The number of rotatable bonds is 6. The van der Waals surface area contributed by atoms with Crippen LogP contribution in [0.3, 0.4) is 0 Å². The SMILES string of the molecule is COc1ccc2c(c1)nc(CCCl)n2CCC(C)C. The zero-order valence-corrected chi connectivity index (χ0v) is 12.6. The predicted molar refractivity (Wildman–Crippen MR) is 80.2 cm³/mol. The number of imidazole rings is 1. The number of hydrogen-bond donors (Lipinski definition) is 0. The second kappa shape index (κ2) is 6.29. The smallest absolute Gasteiger partial charge is 0.121 e. The van der Waals surface area contributed by atoms with Crippen molar-refractivity contribution in [3.8, 4) is 5.75 Å². The van der Waals surface area contributed by atoms with E-state index in [0.717, 1.165) is 36.5 Å². The van der Waals surface area contributed by atoms with Crippen molar-refractivity contribution in [2.45, 2.75) is 33.2 Å². The molecule has 1 aromatic heterocycles. The highest BCUT2D eigenvalue weighted by molar-refractivity contribution is 6.17. The lowest BCUT2D eigenvalue weighted by atomic mass is 10.1. The lowest BCUT2D eigenvalue weighted by Crippen LogP contribution is -2.06. The molecule has 0 aliphatic carbocycles. The van der Waals surface area contributed by atoms with Crippen molar-refractivity contribution in [2.75, 3.05) is 13.0 Å². The van der Waals surface area contributed by atoms with E-state index >= 15 is 0 Å². The van der Waals surface area contributed by atoms with Crippen molar-refractivity contribution in [1.29, 1.82) is 0 Å². The lowest BCUT2D eigenvalue weighted by molar-refractivity contribution is 0.415. The third-order valence-corrected chi connectivity index (χ3v) is 3.47. The van der Waals surface area contributed by atoms with Crippen molar-refractivity contribution >= 4 is 22.6 Å². The number of aryl methyl sites for hydroxylation is 2. The van der Waals surface area contributed by atoms with Gasteiger partial charge < -0.3 is 9.30 Å². The standard InChI is InChI=1S/C15H21ClN2O/c1-11(2)7-9-18-14-5-4-12(19-3)10-13(14)17-15(18)6-8-16/h4-5,10-11H,6-9H2,1-3H3. The van der Waals surface area contributed by atoms with E-state index in [4.69, 9.17) is 16.3 Å². The summed E-state index contributed by atoms with van der Waals surface area (Å²) in [7, 11) is 1.68. The number of aromatic nitrogens is 2. The van der Waals surface area contributed by atoms with Gasteiger partial charge in [-0.15, -0.1) is 11.6 Å².